The number of likely N-dealkylation sites (tertiary alicyclic amines) is 1. The molecule has 4 nitrogen and oxygen atoms in total. The highest BCUT2D eigenvalue weighted by atomic mass is 16.5. The Morgan fingerprint density at radius 2 is 1.83 bits per heavy atom. The molecule has 1 aliphatic heterocycles. The molecule has 1 aromatic heterocycles. The van der Waals surface area contributed by atoms with Crippen LogP contribution in [0.5, 0.6) is 5.75 Å². The summed E-state index contributed by atoms with van der Waals surface area (Å²) in [6.07, 6.45) is 2.37. The second-order valence-electron chi connectivity index (χ2n) is 7.56. The third-order valence-corrected chi connectivity index (χ3v) is 5.51. The minimum absolute atomic E-state index is 0.0445. The molecule has 0 radical (unpaired) electrons. The van der Waals surface area contributed by atoms with Crippen LogP contribution in [-0.4, -0.2) is 29.4 Å². The van der Waals surface area contributed by atoms with Crippen molar-refractivity contribution in [1.82, 2.24) is 9.88 Å². The highest BCUT2D eigenvalue weighted by Gasteiger charge is 2.31. The molecule has 0 unspecified atom stereocenters. The highest BCUT2D eigenvalue weighted by Crippen LogP contribution is 2.33. The van der Waals surface area contributed by atoms with Crippen LogP contribution in [0.25, 0.3) is 11.1 Å². The lowest BCUT2D eigenvalue weighted by Gasteiger charge is -2.25. The van der Waals surface area contributed by atoms with Gasteiger partial charge in [-0.05, 0) is 60.7 Å². The Hall–Kier alpha value is -3.14. The molecule has 1 atom stereocenters. The van der Waals surface area contributed by atoms with E-state index in [1.807, 2.05) is 54.3 Å². The number of benzene rings is 2. The lowest BCUT2D eigenvalue weighted by molar-refractivity contribution is -0.131. The predicted molar refractivity (Wildman–Crippen MR) is 115 cm³/mol. The van der Waals surface area contributed by atoms with Crippen LogP contribution in [0.2, 0.25) is 0 Å². The second-order valence-corrected chi connectivity index (χ2v) is 7.56. The molecule has 4 rings (SSSR count). The number of aromatic nitrogens is 1. The molecule has 29 heavy (non-hydrogen) atoms. The predicted octanol–water partition coefficient (Wildman–Crippen LogP) is 4.97. The number of hydrogen-bond donors (Lipinski definition) is 0. The smallest absolute Gasteiger partial charge is 0.227 e. The van der Waals surface area contributed by atoms with Crippen LogP contribution in [0.3, 0.4) is 0 Å². The summed E-state index contributed by atoms with van der Waals surface area (Å²) in [6.45, 7) is 2.81. The van der Waals surface area contributed by atoms with Gasteiger partial charge in [0, 0.05) is 12.2 Å². The lowest BCUT2D eigenvalue weighted by Crippen LogP contribution is -2.32. The van der Waals surface area contributed by atoms with E-state index in [-0.39, 0.29) is 11.9 Å². The van der Waals surface area contributed by atoms with Crippen molar-refractivity contribution in [1.29, 1.82) is 0 Å². The summed E-state index contributed by atoms with van der Waals surface area (Å²) in [6, 6.07) is 22.4. The number of carbonyl (C=O) groups is 1. The van der Waals surface area contributed by atoms with Gasteiger partial charge in [0.15, 0.2) is 0 Å². The van der Waals surface area contributed by atoms with Crippen molar-refractivity contribution >= 4 is 5.91 Å². The van der Waals surface area contributed by atoms with E-state index in [0.29, 0.717) is 6.42 Å². The Morgan fingerprint density at radius 1 is 1.07 bits per heavy atom. The van der Waals surface area contributed by atoms with E-state index in [2.05, 4.69) is 24.3 Å². The third-order valence-electron chi connectivity index (χ3n) is 5.51. The maximum absolute atomic E-state index is 13.1. The Labute approximate surface area is 172 Å². The van der Waals surface area contributed by atoms with E-state index in [0.717, 1.165) is 47.7 Å². The van der Waals surface area contributed by atoms with E-state index in [1.165, 1.54) is 5.56 Å². The topological polar surface area (TPSA) is 42.4 Å². The van der Waals surface area contributed by atoms with Gasteiger partial charge >= 0.3 is 0 Å². The standard InChI is InChI=1S/C25H26N2O2/c1-18-15-21(20-7-4-3-5-8-20)17-23(26-18)24-9-6-14-27(24)25(28)16-19-10-12-22(29-2)13-11-19/h3-5,7-8,10-13,15,17,24H,6,9,14,16H2,1-2H3/t24-/m1/s1. The maximum Gasteiger partial charge on any atom is 0.227 e. The monoisotopic (exact) mass is 386 g/mol. The molecular formula is C25H26N2O2. The summed E-state index contributed by atoms with van der Waals surface area (Å²) in [4.78, 5) is 19.9. The number of pyridine rings is 1. The van der Waals surface area contributed by atoms with Gasteiger partial charge in [0.25, 0.3) is 0 Å². The van der Waals surface area contributed by atoms with Crippen molar-refractivity contribution < 1.29 is 9.53 Å². The molecule has 1 fully saturated rings. The molecule has 0 saturated carbocycles. The van der Waals surface area contributed by atoms with Crippen molar-refractivity contribution in [3.8, 4) is 16.9 Å². The molecular weight excluding hydrogens is 360 g/mol. The minimum Gasteiger partial charge on any atom is -0.497 e. The number of carbonyl (C=O) groups excluding carboxylic acids is 1. The Kier molecular flexibility index (Phi) is 5.61. The fraction of sp³-hybridized carbons (Fsp3) is 0.280. The number of methoxy groups -OCH3 is 1. The fourth-order valence-electron chi connectivity index (χ4n) is 4.05. The zero-order chi connectivity index (χ0) is 20.2. The van der Waals surface area contributed by atoms with Crippen molar-refractivity contribution in [2.45, 2.75) is 32.2 Å². The van der Waals surface area contributed by atoms with E-state index in [4.69, 9.17) is 9.72 Å². The number of hydrogen-bond acceptors (Lipinski definition) is 3. The molecule has 1 amide bonds. The van der Waals surface area contributed by atoms with Gasteiger partial charge in [-0.25, -0.2) is 0 Å². The van der Waals surface area contributed by atoms with Crippen LogP contribution in [0.1, 0.15) is 35.8 Å². The van der Waals surface area contributed by atoms with Crippen molar-refractivity contribution in [2.24, 2.45) is 0 Å². The molecule has 0 bridgehead atoms. The Bertz CT molecular complexity index is 983. The average Bonchev–Trinajstić information content (AvgIpc) is 3.25. The van der Waals surface area contributed by atoms with Gasteiger partial charge in [-0.1, -0.05) is 42.5 Å². The summed E-state index contributed by atoms with van der Waals surface area (Å²) in [7, 11) is 1.65. The van der Waals surface area contributed by atoms with Crippen molar-refractivity contribution in [3.63, 3.8) is 0 Å². The first-order chi connectivity index (χ1) is 14.1. The van der Waals surface area contributed by atoms with Gasteiger partial charge in [-0.15, -0.1) is 0 Å². The van der Waals surface area contributed by atoms with Crippen LogP contribution in [0.15, 0.2) is 66.7 Å². The lowest BCUT2D eigenvalue weighted by atomic mass is 10.0. The molecule has 2 heterocycles. The van der Waals surface area contributed by atoms with E-state index in [9.17, 15) is 4.79 Å². The SMILES string of the molecule is COc1ccc(CC(=O)N2CCC[C@@H]2c2cc(-c3ccccc3)cc(C)n2)cc1. The summed E-state index contributed by atoms with van der Waals surface area (Å²) >= 11 is 0. The van der Waals surface area contributed by atoms with Crippen LogP contribution >= 0.6 is 0 Å². The van der Waals surface area contributed by atoms with E-state index in [1.54, 1.807) is 7.11 Å². The molecule has 1 saturated heterocycles. The molecule has 0 N–H and O–H groups in total. The van der Waals surface area contributed by atoms with Gasteiger partial charge in [0.1, 0.15) is 5.75 Å². The van der Waals surface area contributed by atoms with E-state index >= 15 is 0 Å². The summed E-state index contributed by atoms with van der Waals surface area (Å²) in [5.74, 6) is 0.958. The largest absolute Gasteiger partial charge is 0.497 e. The van der Waals surface area contributed by atoms with Crippen molar-refractivity contribution in [3.05, 3.63) is 83.7 Å². The van der Waals surface area contributed by atoms with Gasteiger partial charge in [0.2, 0.25) is 5.91 Å². The Balaban J connectivity index is 1.56. The number of nitrogens with zero attached hydrogens (tertiary/aromatic N) is 2. The molecule has 3 aromatic rings. The Morgan fingerprint density at radius 3 is 2.55 bits per heavy atom. The fourth-order valence-corrected chi connectivity index (χ4v) is 4.05. The zero-order valence-corrected chi connectivity index (χ0v) is 17.0. The second kappa shape index (κ2) is 8.48. The molecule has 2 aromatic carbocycles. The molecule has 148 valence electrons. The van der Waals surface area contributed by atoms with Gasteiger partial charge in [-0.2, -0.15) is 0 Å². The van der Waals surface area contributed by atoms with Gasteiger partial charge in [-0.3, -0.25) is 9.78 Å². The quantitative estimate of drug-likeness (QED) is 0.622. The van der Waals surface area contributed by atoms with Gasteiger partial charge in [0.05, 0.1) is 25.3 Å². The molecule has 4 heteroatoms. The van der Waals surface area contributed by atoms with Crippen LogP contribution < -0.4 is 4.74 Å². The zero-order valence-electron chi connectivity index (χ0n) is 17.0. The third kappa shape index (κ3) is 4.32. The normalized spacial score (nSPS) is 16.1. The molecule has 1 aliphatic rings. The summed E-state index contributed by atoms with van der Waals surface area (Å²) in [5.41, 5.74) is 5.31. The number of aryl methyl sites for hydroxylation is 1. The first-order valence-electron chi connectivity index (χ1n) is 10.1. The first-order valence-corrected chi connectivity index (χ1v) is 10.1. The molecule has 0 spiro atoms. The summed E-state index contributed by atoms with van der Waals surface area (Å²) in [5, 5.41) is 0. The van der Waals surface area contributed by atoms with Crippen LogP contribution in [-0.2, 0) is 11.2 Å². The van der Waals surface area contributed by atoms with E-state index < -0.39 is 0 Å². The van der Waals surface area contributed by atoms with Crippen LogP contribution in [0.4, 0.5) is 0 Å². The minimum atomic E-state index is 0.0445. The number of amides is 1. The molecule has 0 aliphatic carbocycles. The van der Waals surface area contributed by atoms with Crippen LogP contribution in [0, 0.1) is 6.92 Å². The summed E-state index contributed by atoms with van der Waals surface area (Å²) < 4.78 is 5.20. The maximum atomic E-state index is 13.1. The first kappa shape index (κ1) is 19.2. The van der Waals surface area contributed by atoms with Crippen molar-refractivity contribution in [2.75, 3.05) is 13.7 Å². The van der Waals surface area contributed by atoms with Gasteiger partial charge < -0.3 is 9.64 Å². The average molecular weight is 386 g/mol. The number of ether oxygens (including phenoxy) is 1. The number of rotatable bonds is 5. The highest BCUT2D eigenvalue weighted by molar-refractivity contribution is 5.79.